The Bertz CT molecular complexity index is 653. The molecule has 0 aromatic heterocycles. The van der Waals surface area contributed by atoms with Gasteiger partial charge in [-0.1, -0.05) is 29.3 Å². The van der Waals surface area contributed by atoms with Gasteiger partial charge in [0.2, 0.25) is 5.11 Å². The van der Waals surface area contributed by atoms with E-state index in [1.165, 1.54) is 0 Å². The number of carbonyl (C=O) groups is 1. The maximum absolute atomic E-state index is 12.1. The SMILES string of the molecule is C/C(N)=N/C(=S)NC(=O)N1CCC(Cc2ccc(Cl)cc2Cl)CC1. The number of nitrogens with one attached hydrogen (secondary N) is 1. The Balaban J connectivity index is 1.83. The smallest absolute Gasteiger partial charge is 0.323 e. The number of hydrogen-bond acceptors (Lipinski definition) is 2. The summed E-state index contributed by atoms with van der Waals surface area (Å²) >= 11 is 17.1. The van der Waals surface area contributed by atoms with E-state index in [1.54, 1.807) is 17.9 Å². The number of nitrogens with two attached hydrogens (primary N) is 1. The van der Waals surface area contributed by atoms with E-state index in [-0.39, 0.29) is 11.1 Å². The van der Waals surface area contributed by atoms with Gasteiger partial charge in [0.1, 0.15) is 0 Å². The Morgan fingerprint density at radius 3 is 2.67 bits per heavy atom. The summed E-state index contributed by atoms with van der Waals surface area (Å²) in [6.07, 6.45) is 2.72. The van der Waals surface area contributed by atoms with Crippen molar-refractivity contribution in [1.82, 2.24) is 10.2 Å². The van der Waals surface area contributed by atoms with Gasteiger partial charge in [-0.2, -0.15) is 0 Å². The predicted molar refractivity (Wildman–Crippen MR) is 103 cm³/mol. The first-order valence-electron chi connectivity index (χ1n) is 7.69. The lowest BCUT2D eigenvalue weighted by Gasteiger charge is -2.32. The second-order valence-electron chi connectivity index (χ2n) is 5.86. The van der Waals surface area contributed by atoms with Crippen molar-refractivity contribution in [3.05, 3.63) is 33.8 Å². The highest BCUT2D eigenvalue weighted by Crippen LogP contribution is 2.27. The van der Waals surface area contributed by atoms with Gasteiger partial charge < -0.3 is 10.6 Å². The van der Waals surface area contributed by atoms with Crippen LogP contribution in [0, 0.1) is 5.92 Å². The second kappa shape index (κ2) is 8.65. The Morgan fingerprint density at radius 1 is 1.42 bits per heavy atom. The van der Waals surface area contributed by atoms with E-state index in [9.17, 15) is 4.79 Å². The van der Waals surface area contributed by atoms with Crippen LogP contribution in [0.5, 0.6) is 0 Å². The average Bonchev–Trinajstić information content (AvgIpc) is 2.50. The molecular weight excluding hydrogens is 367 g/mol. The summed E-state index contributed by atoms with van der Waals surface area (Å²) in [4.78, 5) is 17.7. The molecule has 0 saturated carbocycles. The van der Waals surface area contributed by atoms with Crippen molar-refractivity contribution in [3.63, 3.8) is 0 Å². The lowest BCUT2D eigenvalue weighted by molar-refractivity contribution is 0.175. The van der Waals surface area contributed by atoms with Crippen molar-refractivity contribution in [1.29, 1.82) is 0 Å². The van der Waals surface area contributed by atoms with Crippen LogP contribution in [-0.4, -0.2) is 35.0 Å². The van der Waals surface area contributed by atoms with Crippen molar-refractivity contribution >= 4 is 52.4 Å². The van der Waals surface area contributed by atoms with Crippen LogP contribution in [0.4, 0.5) is 4.79 Å². The number of halogens is 2. The van der Waals surface area contributed by atoms with Crippen molar-refractivity contribution < 1.29 is 4.79 Å². The van der Waals surface area contributed by atoms with Gasteiger partial charge in [0.25, 0.3) is 0 Å². The van der Waals surface area contributed by atoms with Crippen LogP contribution >= 0.6 is 35.4 Å². The Kier molecular flexibility index (Phi) is 6.83. The number of amides is 2. The fraction of sp³-hybridized carbons (Fsp3) is 0.438. The molecule has 1 aromatic rings. The minimum atomic E-state index is -0.229. The molecule has 0 bridgehead atoms. The van der Waals surface area contributed by atoms with Gasteiger partial charge in [-0.15, -0.1) is 0 Å². The number of likely N-dealkylation sites (tertiary alicyclic amines) is 1. The molecule has 1 aliphatic rings. The van der Waals surface area contributed by atoms with Gasteiger partial charge in [-0.3, -0.25) is 5.32 Å². The molecule has 2 amide bonds. The van der Waals surface area contributed by atoms with Crippen LogP contribution in [0.25, 0.3) is 0 Å². The molecule has 0 atom stereocenters. The number of nitrogens with zero attached hydrogens (tertiary/aromatic N) is 2. The number of carbonyl (C=O) groups excluding carboxylic acids is 1. The zero-order chi connectivity index (χ0) is 17.7. The van der Waals surface area contributed by atoms with E-state index >= 15 is 0 Å². The van der Waals surface area contributed by atoms with Crippen molar-refractivity contribution in [2.24, 2.45) is 16.6 Å². The second-order valence-corrected chi connectivity index (χ2v) is 7.09. The molecule has 3 N–H and O–H groups in total. The highest BCUT2D eigenvalue weighted by atomic mass is 35.5. The number of benzene rings is 1. The molecule has 24 heavy (non-hydrogen) atoms. The summed E-state index contributed by atoms with van der Waals surface area (Å²) in [5.74, 6) is 0.808. The standard InChI is InChI=1S/C16H20Cl2N4OS/c1-10(19)20-15(24)21-16(23)22-6-4-11(5-7-22)8-12-2-3-13(17)9-14(12)18/h2-3,9,11H,4-8H2,1H3,(H3,19,20,21,23,24). The van der Waals surface area contributed by atoms with Crippen molar-refractivity contribution in [2.75, 3.05) is 13.1 Å². The van der Waals surface area contributed by atoms with Gasteiger partial charge in [0.15, 0.2) is 0 Å². The van der Waals surface area contributed by atoms with Gasteiger partial charge in [0, 0.05) is 23.1 Å². The molecule has 130 valence electrons. The Morgan fingerprint density at radius 2 is 2.08 bits per heavy atom. The van der Waals surface area contributed by atoms with Crippen LogP contribution in [-0.2, 0) is 6.42 Å². The van der Waals surface area contributed by atoms with Crippen LogP contribution < -0.4 is 11.1 Å². The molecule has 1 aromatic carbocycles. The lowest BCUT2D eigenvalue weighted by Crippen LogP contribution is -2.46. The summed E-state index contributed by atoms with van der Waals surface area (Å²) in [5, 5.41) is 4.01. The van der Waals surface area contributed by atoms with Crippen molar-refractivity contribution in [2.45, 2.75) is 26.2 Å². The molecule has 1 saturated heterocycles. The van der Waals surface area contributed by atoms with Crippen LogP contribution in [0.1, 0.15) is 25.3 Å². The number of hydrogen-bond donors (Lipinski definition) is 2. The van der Waals surface area contributed by atoms with E-state index in [4.69, 9.17) is 41.2 Å². The quantitative estimate of drug-likeness (QED) is 0.463. The molecule has 1 heterocycles. The van der Waals surface area contributed by atoms with Crippen LogP contribution in [0.15, 0.2) is 23.2 Å². The van der Waals surface area contributed by atoms with Gasteiger partial charge >= 0.3 is 6.03 Å². The van der Waals surface area contributed by atoms with Crippen LogP contribution in [0.2, 0.25) is 10.0 Å². The molecule has 0 spiro atoms. The topological polar surface area (TPSA) is 70.7 Å². The Hall–Kier alpha value is -1.37. The molecule has 1 fully saturated rings. The molecule has 5 nitrogen and oxygen atoms in total. The number of amidine groups is 1. The number of rotatable bonds is 2. The summed E-state index contributed by atoms with van der Waals surface area (Å²) in [7, 11) is 0. The summed E-state index contributed by atoms with van der Waals surface area (Å²) in [6, 6.07) is 5.36. The first kappa shape index (κ1) is 19.0. The number of thiocarbonyl (C=S) groups is 1. The predicted octanol–water partition coefficient (Wildman–Crippen LogP) is 3.62. The monoisotopic (exact) mass is 386 g/mol. The number of piperidine rings is 1. The first-order valence-corrected chi connectivity index (χ1v) is 8.86. The molecule has 8 heteroatoms. The third kappa shape index (κ3) is 5.61. The van der Waals surface area contributed by atoms with Crippen LogP contribution in [0.3, 0.4) is 0 Å². The highest BCUT2D eigenvalue weighted by Gasteiger charge is 2.24. The Labute approximate surface area is 157 Å². The molecular formula is C16H20Cl2N4OS. The average molecular weight is 387 g/mol. The maximum Gasteiger partial charge on any atom is 0.323 e. The maximum atomic E-state index is 12.1. The fourth-order valence-electron chi connectivity index (χ4n) is 2.70. The van der Waals surface area contributed by atoms with E-state index < -0.39 is 0 Å². The minimum absolute atomic E-state index is 0.0927. The zero-order valence-corrected chi connectivity index (χ0v) is 15.7. The molecule has 0 unspecified atom stereocenters. The fourth-order valence-corrected chi connectivity index (χ4v) is 3.41. The third-order valence-corrected chi connectivity index (χ3v) is 4.70. The molecule has 0 radical (unpaired) electrons. The van der Waals surface area contributed by atoms with E-state index in [2.05, 4.69) is 10.3 Å². The van der Waals surface area contributed by atoms with E-state index in [0.29, 0.717) is 34.9 Å². The lowest BCUT2D eigenvalue weighted by atomic mass is 9.90. The van der Waals surface area contributed by atoms with Gasteiger partial charge in [-0.25, -0.2) is 9.79 Å². The van der Waals surface area contributed by atoms with E-state index in [0.717, 1.165) is 24.8 Å². The van der Waals surface area contributed by atoms with Gasteiger partial charge in [0.05, 0.1) is 5.84 Å². The summed E-state index contributed by atoms with van der Waals surface area (Å²) in [5.41, 5.74) is 6.53. The van der Waals surface area contributed by atoms with Gasteiger partial charge in [-0.05, 0) is 62.0 Å². The first-order chi connectivity index (χ1) is 11.3. The summed E-state index contributed by atoms with van der Waals surface area (Å²) < 4.78 is 0. The summed E-state index contributed by atoms with van der Waals surface area (Å²) in [6.45, 7) is 2.97. The number of aliphatic imine (C=N–C) groups is 1. The third-order valence-electron chi connectivity index (χ3n) is 3.92. The van der Waals surface area contributed by atoms with Crippen molar-refractivity contribution in [3.8, 4) is 0 Å². The highest BCUT2D eigenvalue weighted by molar-refractivity contribution is 7.80. The largest absolute Gasteiger partial charge is 0.387 e. The minimum Gasteiger partial charge on any atom is -0.387 e. The normalized spacial score (nSPS) is 16.1. The molecule has 0 aliphatic carbocycles. The number of urea groups is 1. The van der Waals surface area contributed by atoms with E-state index in [1.807, 2.05) is 12.1 Å². The molecule has 2 rings (SSSR count). The molecule has 1 aliphatic heterocycles. The zero-order valence-electron chi connectivity index (χ0n) is 13.4.